The van der Waals surface area contributed by atoms with Crippen molar-refractivity contribution in [2.45, 2.75) is 26.4 Å². The number of hydrogen-bond donors (Lipinski definition) is 2. The lowest BCUT2D eigenvalue weighted by Gasteiger charge is -2.09. The summed E-state index contributed by atoms with van der Waals surface area (Å²) in [6.45, 7) is 4.20. The number of carbonyl (C=O) groups excluding carboxylic acids is 2. The van der Waals surface area contributed by atoms with Crippen molar-refractivity contribution in [3.8, 4) is 5.75 Å². The van der Waals surface area contributed by atoms with E-state index in [1.807, 2.05) is 38.1 Å². The zero-order valence-corrected chi connectivity index (χ0v) is 14.9. The first kappa shape index (κ1) is 19.2. The van der Waals surface area contributed by atoms with E-state index >= 15 is 0 Å². The summed E-state index contributed by atoms with van der Waals surface area (Å²) in [6.07, 6.45) is 6.59. The van der Waals surface area contributed by atoms with Gasteiger partial charge in [0.15, 0.2) is 6.61 Å². The molecule has 6 heteroatoms. The van der Waals surface area contributed by atoms with E-state index in [4.69, 9.17) is 4.74 Å². The van der Waals surface area contributed by atoms with Crippen LogP contribution in [0.15, 0.2) is 54.9 Å². The Bertz CT molecular complexity index is 741. The molecule has 0 aliphatic carbocycles. The standard InChI is InChI=1S/C20H23N3O3/c1-15(2)23-20(25)14-26-18-8-5-16(6-9-18)7-10-19(24)22-13-17-4-3-11-21-12-17/h3-12,15H,13-14H2,1-2H3,(H,22,24)(H,23,25)/b10-7+. The van der Waals surface area contributed by atoms with E-state index in [2.05, 4.69) is 15.6 Å². The number of pyridine rings is 1. The second kappa shape index (κ2) is 9.98. The molecule has 2 rings (SSSR count). The molecular weight excluding hydrogens is 330 g/mol. The molecule has 1 aromatic carbocycles. The fraction of sp³-hybridized carbons (Fsp3) is 0.250. The van der Waals surface area contributed by atoms with Gasteiger partial charge >= 0.3 is 0 Å². The van der Waals surface area contributed by atoms with Crippen molar-refractivity contribution in [1.82, 2.24) is 15.6 Å². The maximum absolute atomic E-state index is 11.8. The van der Waals surface area contributed by atoms with Gasteiger partial charge in [-0.3, -0.25) is 14.6 Å². The second-order valence-corrected chi connectivity index (χ2v) is 5.99. The lowest BCUT2D eigenvalue weighted by molar-refractivity contribution is -0.123. The third-order valence-corrected chi connectivity index (χ3v) is 3.32. The van der Waals surface area contributed by atoms with E-state index in [9.17, 15) is 9.59 Å². The second-order valence-electron chi connectivity index (χ2n) is 5.99. The highest BCUT2D eigenvalue weighted by Crippen LogP contribution is 2.13. The van der Waals surface area contributed by atoms with Gasteiger partial charge in [0.2, 0.25) is 5.91 Å². The Morgan fingerprint density at radius 2 is 1.96 bits per heavy atom. The Morgan fingerprint density at radius 1 is 1.19 bits per heavy atom. The molecule has 0 unspecified atom stereocenters. The van der Waals surface area contributed by atoms with Crippen molar-refractivity contribution in [2.75, 3.05) is 6.61 Å². The molecule has 0 atom stereocenters. The van der Waals surface area contributed by atoms with Crippen LogP contribution in [0.5, 0.6) is 5.75 Å². The van der Waals surface area contributed by atoms with E-state index in [1.54, 1.807) is 30.6 Å². The third kappa shape index (κ3) is 7.17. The van der Waals surface area contributed by atoms with E-state index in [0.29, 0.717) is 12.3 Å². The highest BCUT2D eigenvalue weighted by Gasteiger charge is 2.04. The first-order chi connectivity index (χ1) is 12.5. The number of rotatable bonds is 8. The molecule has 1 aromatic heterocycles. The Hall–Kier alpha value is -3.15. The van der Waals surface area contributed by atoms with Crippen LogP contribution in [0, 0.1) is 0 Å². The Morgan fingerprint density at radius 3 is 2.62 bits per heavy atom. The number of carbonyl (C=O) groups is 2. The largest absolute Gasteiger partial charge is 0.484 e. The van der Waals surface area contributed by atoms with Crippen molar-refractivity contribution >= 4 is 17.9 Å². The van der Waals surface area contributed by atoms with Gasteiger partial charge in [0, 0.05) is 31.1 Å². The molecule has 26 heavy (non-hydrogen) atoms. The molecule has 0 bridgehead atoms. The van der Waals surface area contributed by atoms with E-state index < -0.39 is 0 Å². The van der Waals surface area contributed by atoms with Gasteiger partial charge in [0.25, 0.3) is 5.91 Å². The van der Waals surface area contributed by atoms with Gasteiger partial charge in [-0.25, -0.2) is 0 Å². The van der Waals surface area contributed by atoms with Gasteiger partial charge in [-0.1, -0.05) is 18.2 Å². The van der Waals surface area contributed by atoms with Crippen LogP contribution in [-0.2, 0) is 16.1 Å². The van der Waals surface area contributed by atoms with Crippen molar-refractivity contribution in [3.05, 3.63) is 66.0 Å². The Kier molecular flexibility index (Phi) is 7.36. The number of hydrogen-bond acceptors (Lipinski definition) is 4. The molecule has 0 saturated heterocycles. The minimum absolute atomic E-state index is 0.0237. The number of aromatic nitrogens is 1. The summed E-state index contributed by atoms with van der Waals surface area (Å²) in [5, 5.41) is 5.55. The van der Waals surface area contributed by atoms with Crippen LogP contribution in [0.25, 0.3) is 6.08 Å². The molecule has 6 nitrogen and oxygen atoms in total. The molecular formula is C20H23N3O3. The van der Waals surface area contributed by atoms with Crippen LogP contribution in [0.4, 0.5) is 0 Å². The topological polar surface area (TPSA) is 80.3 Å². The summed E-state index contributed by atoms with van der Waals surface area (Å²) in [7, 11) is 0. The lowest BCUT2D eigenvalue weighted by Crippen LogP contribution is -2.34. The van der Waals surface area contributed by atoms with Crippen molar-refractivity contribution in [3.63, 3.8) is 0 Å². The monoisotopic (exact) mass is 353 g/mol. The predicted octanol–water partition coefficient (Wildman–Crippen LogP) is 2.31. The molecule has 0 spiro atoms. The van der Waals surface area contributed by atoms with Crippen molar-refractivity contribution in [2.24, 2.45) is 0 Å². The average molecular weight is 353 g/mol. The molecule has 0 fully saturated rings. The maximum atomic E-state index is 11.8. The van der Waals surface area contributed by atoms with Crippen LogP contribution < -0.4 is 15.4 Å². The van der Waals surface area contributed by atoms with Crippen LogP contribution in [0.1, 0.15) is 25.0 Å². The highest BCUT2D eigenvalue weighted by atomic mass is 16.5. The van der Waals surface area contributed by atoms with E-state index in [1.165, 1.54) is 6.08 Å². The van der Waals surface area contributed by atoms with Crippen LogP contribution in [0.2, 0.25) is 0 Å². The first-order valence-electron chi connectivity index (χ1n) is 8.40. The zero-order chi connectivity index (χ0) is 18.8. The van der Waals surface area contributed by atoms with Crippen LogP contribution in [0.3, 0.4) is 0 Å². The molecule has 1 heterocycles. The zero-order valence-electron chi connectivity index (χ0n) is 14.9. The normalized spacial score (nSPS) is 10.7. The first-order valence-corrected chi connectivity index (χ1v) is 8.40. The van der Waals surface area contributed by atoms with Gasteiger partial charge in [-0.15, -0.1) is 0 Å². The number of ether oxygens (including phenoxy) is 1. The quantitative estimate of drug-likeness (QED) is 0.714. The van der Waals surface area contributed by atoms with Gasteiger partial charge in [-0.2, -0.15) is 0 Å². The Labute approximate surface area is 153 Å². The predicted molar refractivity (Wildman–Crippen MR) is 100 cm³/mol. The van der Waals surface area contributed by atoms with Crippen LogP contribution in [-0.4, -0.2) is 29.4 Å². The maximum Gasteiger partial charge on any atom is 0.258 e. The Balaban J connectivity index is 1.77. The van der Waals surface area contributed by atoms with Gasteiger partial charge in [0.05, 0.1) is 0 Å². The average Bonchev–Trinajstić information content (AvgIpc) is 2.64. The summed E-state index contributed by atoms with van der Waals surface area (Å²) >= 11 is 0. The smallest absolute Gasteiger partial charge is 0.258 e. The number of benzene rings is 1. The number of nitrogens with zero attached hydrogens (tertiary/aromatic N) is 1. The third-order valence-electron chi connectivity index (χ3n) is 3.32. The summed E-state index contributed by atoms with van der Waals surface area (Å²) in [5.41, 5.74) is 1.80. The van der Waals surface area contributed by atoms with Gasteiger partial charge in [0.1, 0.15) is 5.75 Å². The van der Waals surface area contributed by atoms with Gasteiger partial charge in [-0.05, 0) is 49.2 Å². The van der Waals surface area contributed by atoms with E-state index in [-0.39, 0.29) is 24.5 Å². The van der Waals surface area contributed by atoms with Crippen molar-refractivity contribution in [1.29, 1.82) is 0 Å². The molecule has 0 radical (unpaired) electrons. The summed E-state index contributed by atoms with van der Waals surface area (Å²) in [4.78, 5) is 27.4. The molecule has 0 aliphatic rings. The fourth-order valence-electron chi connectivity index (χ4n) is 2.11. The van der Waals surface area contributed by atoms with Crippen molar-refractivity contribution < 1.29 is 14.3 Å². The molecule has 0 saturated carbocycles. The molecule has 2 amide bonds. The van der Waals surface area contributed by atoms with E-state index in [0.717, 1.165) is 11.1 Å². The van der Waals surface area contributed by atoms with Crippen LogP contribution >= 0.6 is 0 Å². The SMILES string of the molecule is CC(C)NC(=O)COc1ccc(/C=C/C(=O)NCc2cccnc2)cc1. The number of amides is 2. The van der Waals surface area contributed by atoms with Gasteiger partial charge < -0.3 is 15.4 Å². The minimum atomic E-state index is -0.181. The highest BCUT2D eigenvalue weighted by molar-refractivity contribution is 5.91. The molecule has 2 N–H and O–H groups in total. The molecule has 136 valence electrons. The molecule has 2 aromatic rings. The fourth-order valence-corrected chi connectivity index (χ4v) is 2.11. The summed E-state index contributed by atoms with van der Waals surface area (Å²) in [6, 6.07) is 11.0. The lowest BCUT2D eigenvalue weighted by atomic mass is 10.2. The number of nitrogens with one attached hydrogen (secondary N) is 2. The molecule has 0 aliphatic heterocycles. The summed E-state index contributed by atoms with van der Waals surface area (Å²) in [5.74, 6) is 0.260. The summed E-state index contributed by atoms with van der Waals surface area (Å²) < 4.78 is 5.42. The minimum Gasteiger partial charge on any atom is -0.484 e.